The third kappa shape index (κ3) is 5.30. The fourth-order valence-corrected chi connectivity index (χ4v) is 3.48. The van der Waals surface area contributed by atoms with Crippen LogP contribution in [0.1, 0.15) is 17.2 Å². The second-order valence-corrected chi connectivity index (χ2v) is 7.51. The summed E-state index contributed by atoms with van der Waals surface area (Å²) in [5.41, 5.74) is 1.55. The van der Waals surface area contributed by atoms with E-state index in [0.717, 1.165) is 17.3 Å². The second kappa shape index (κ2) is 8.87. The van der Waals surface area contributed by atoms with Crippen molar-refractivity contribution in [2.24, 2.45) is 0 Å². The van der Waals surface area contributed by atoms with Crippen LogP contribution in [0.3, 0.4) is 0 Å². The van der Waals surface area contributed by atoms with Gasteiger partial charge in [0.1, 0.15) is 6.33 Å². The van der Waals surface area contributed by atoms with Gasteiger partial charge in [-0.25, -0.2) is 0 Å². The molecule has 0 radical (unpaired) electrons. The predicted molar refractivity (Wildman–Crippen MR) is 105 cm³/mol. The van der Waals surface area contributed by atoms with E-state index in [2.05, 4.69) is 10.2 Å². The van der Waals surface area contributed by atoms with Gasteiger partial charge in [-0.15, -0.1) is 10.2 Å². The Labute approximate surface area is 174 Å². The Morgan fingerprint density at radius 2 is 1.97 bits per heavy atom. The Bertz CT molecular complexity index is 995. The number of thioether (sulfide) groups is 1. The molecule has 10 heteroatoms. The fourth-order valence-electron chi connectivity index (χ4n) is 2.56. The molecular weight excluding hydrogens is 425 g/mol. The summed E-state index contributed by atoms with van der Waals surface area (Å²) in [6.07, 6.45) is -3.16. The normalized spacial score (nSPS) is 12.6. The molecule has 1 unspecified atom stereocenters. The zero-order valence-electron chi connectivity index (χ0n) is 15.2. The monoisotopic (exact) mass is 440 g/mol. The van der Waals surface area contributed by atoms with Crippen LogP contribution in [0, 0.1) is 6.92 Å². The number of alkyl halides is 3. The highest BCUT2D eigenvalue weighted by molar-refractivity contribution is 7.99. The van der Waals surface area contributed by atoms with E-state index in [1.807, 2.05) is 24.4 Å². The predicted octanol–water partition coefficient (Wildman–Crippen LogP) is 4.74. The van der Waals surface area contributed by atoms with Crippen molar-refractivity contribution in [3.63, 3.8) is 0 Å². The SMILES string of the molecule is Cc1ccc(-n2cnnc2SCC(=O)NC(c2ccccc2)C(F)(F)F)cc1Cl. The molecule has 0 saturated carbocycles. The Kier molecular flexibility index (Phi) is 6.49. The molecule has 0 aliphatic carbocycles. The highest BCUT2D eigenvalue weighted by atomic mass is 35.5. The fraction of sp³-hybridized carbons (Fsp3) is 0.211. The molecule has 1 aromatic heterocycles. The van der Waals surface area contributed by atoms with Crippen LogP contribution in [-0.4, -0.2) is 32.6 Å². The van der Waals surface area contributed by atoms with Crippen molar-refractivity contribution in [2.75, 3.05) is 5.75 Å². The molecule has 152 valence electrons. The molecule has 1 amide bonds. The van der Waals surface area contributed by atoms with Gasteiger partial charge < -0.3 is 5.32 Å². The van der Waals surface area contributed by atoms with E-state index in [4.69, 9.17) is 11.6 Å². The van der Waals surface area contributed by atoms with Crippen LogP contribution in [-0.2, 0) is 4.79 Å². The van der Waals surface area contributed by atoms with Gasteiger partial charge in [-0.3, -0.25) is 9.36 Å². The molecule has 0 bridgehead atoms. The lowest BCUT2D eigenvalue weighted by molar-refractivity contribution is -0.162. The summed E-state index contributed by atoms with van der Waals surface area (Å²) in [4.78, 5) is 12.2. The van der Waals surface area contributed by atoms with Crippen molar-refractivity contribution in [3.8, 4) is 5.69 Å². The van der Waals surface area contributed by atoms with Crippen molar-refractivity contribution in [1.82, 2.24) is 20.1 Å². The number of rotatable bonds is 6. The van der Waals surface area contributed by atoms with E-state index < -0.39 is 18.1 Å². The summed E-state index contributed by atoms with van der Waals surface area (Å²) in [7, 11) is 0. The van der Waals surface area contributed by atoms with Crippen LogP contribution in [0.5, 0.6) is 0 Å². The number of aromatic nitrogens is 3. The van der Waals surface area contributed by atoms with Gasteiger partial charge in [0.05, 0.1) is 11.4 Å². The van der Waals surface area contributed by atoms with Crippen LogP contribution in [0.4, 0.5) is 13.2 Å². The van der Waals surface area contributed by atoms with Crippen molar-refractivity contribution in [2.45, 2.75) is 24.3 Å². The molecule has 5 nitrogen and oxygen atoms in total. The second-order valence-electron chi connectivity index (χ2n) is 6.16. The Hall–Kier alpha value is -2.52. The molecule has 0 spiro atoms. The van der Waals surface area contributed by atoms with Gasteiger partial charge in [0, 0.05) is 5.02 Å². The zero-order valence-corrected chi connectivity index (χ0v) is 16.7. The molecule has 1 N–H and O–H groups in total. The molecule has 0 aliphatic heterocycles. The standard InChI is InChI=1S/C19H16ClF3N4OS/c1-12-7-8-14(9-15(12)20)27-11-24-26-18(27)29-10-16(28)25-17(19(21,22)23)13-5-3-2-4-6-13/h2-9,11,17H,10H2,1H3,(H,25,28). The van der Waals surface area contributed by atoms with E-state index in [9.17, 15) is 18.0 Å². The molecule has 29 heavy (non-hydrogen) atoms. The first-order valence-electron chi connectivity index (χ1n) is 8.46. The topological polar surface area (TPSA) is 59.8 Å². The van der Waals surface area contributed by atoms with Crippen molar-refractivity contribution in [1.29, 1.82) is 0 Å². The molecule has 1 atom stereocenters. The van der Waals surface area contributed by atoms with Gasteiger partial charge in [0.15, 0.2) is 11.2 Å². The van der Waals surface area contributed by atoms with E-state index >= 15 is 0 Å². The van der Waals surface area contributed by atoms with Crippen molar-refractivity contribution in [3.05, 3.63) is 71.0 Å². The maximum Gasteiger partial charge on any atom is 0.412 e. The Morgan fingerprint density at radius 3 is 2.62 bits per heavy atom. The van der Waals surface area contributed by atoms with Crippen LogP contribution < -0.4 is 5.32 Å². The highest BCUT2D eigenvalue weighted by Gasteiger charge is 2.41. The largest absolute Gasteiger partial charge is 0.412 e. The lowest BCUT2D eigenvalue weighted by atomic mass is 10.1. The third-order valence-electron chi connectivity index (χ3n) is 4.05. The van der Waals surface area contributed by atoms with Crippen LogP contribution in [0.25, 0.3) is 5.69 Å². The molecule has 0 aliphatic rings. The van der Waals surface area contributed by atoms with Gasteiger partial charge in [-0.05, 0) is 30.2 Å². The number of nitrogens with zero attached hydrogens (tertiary/aromatic N) is 3. The van der Waals surface area contributed by atoms with Gasteiger partial charge in [0.2, 0.25) is 5.91 Å². The van der Waals surface area contributed by atoms with Crippen LogP contribution in [0.15, 0.2) is 60.0 Å². The smallest absolute Gasteiger partial charge is 0.340 e. The van der Waals surface area contributed by atoms with E-state index in [-0.39, 0.29) is 11.3 Å². The van der Waals surface area contributed by atoms with E-state index in [1.54, 1.807) is 16.7 Å². The van der Waals surface area contributed by atoms with Crippen LogP contribution in [0.2, 0.25) is 5.02 Å². The first-order valence-corrected chi connectivity index (χ1v) is 9.82. The number of aryl methyl sites for hydroxylation is 1. The summed E-state index contributed by atoms with van der Waals surface area (Å²) >= 11 is 7.12. The minimum Gasteiger partial charge on any atom is -0.340 e. The van der Waals surface area contributed by atoms with E-state index in [1.165, 1.54) is 30.6 Å². The Balaban J connectivity index is 1.70. The average molecular weight is 441 g/mol. The Morgan fingerprint density at radius 1 is 1.24 bits per heavy atom. The lowest BCUT2D eigenvalue weighted by Crippen LogP contribution is -2.39. The number of nitrogens with one attached hydrogen (secondary N) is 1. The summed E-state index contributed by atoms with van der Waals surface area (Å²) in [5, 5.41) is 10.7. The maximum atomic E-state index is 13.4. The molecule has 0 saturated heterocycles. The molecule has 0 fully saturated rings. The zero-order chi connectivity index (χ0) is 21.0. The van der Waals surface area contributed by atoms with Gasteiger partial charge in [-0.2, -0.15) is 13.2 Å². The summed E-state index contributed by atoms with van der Waals surface area (Å²) in [6, 6.07) is 10.5. The molecule has 3 aromatic rings. The number of hydrogen-bond donors (Lipinski definition) is 1. The first-order chi connectivity index (χ1) is 13.8. The summed E-state index contributed by atoms with van der Waals surface area (Å²) in [6.45, 7) is 1.86. The summed E-state index contributed by atoms with van der Waals surface area (Å²) in [5.74, 6) is -1.02. The number of carbonyl (C=O) groups excluding carboxylic acids is 1. The lowest BCUT2D eigenvalue weighted by Gasteiger charge is -2.22. The van der Waals surface area contributed by atoms with E-state index in [0.29, 0.717) is 15.9 Å². The maximum absolute atomic E-state index is 13.4. The van der Waals surface area contributed by atoms with Gasteiger partial charge >= 0.3 is 6.18 Å². The third-order valence-corrected chi connectivity index (χ3v) is 5.40. The summed E-state index contributed by atoms with van der Waals surface area (Å²) < 4.78 is 41.7. The van der Waals surface area contributed by atoms with Crippen LogP contribution >= 0.6 is 23.4 Å². The number of carbonyl (C=O) groups is 1. The van der Waals surface area contributed by atoms with Gasteiger partial charge in [-0.1, -0.05) is 59.8 Å². The molecule has 3 rings (SSSR count). The first kappa shape index (κ1) is 21.2. The molecular formula is C19H16ClF3N4OS. The highest BCUT2D eigenvalue weighted by Crippen LogP contribution is 2.32. The minimum atomic E-state index is -4.61. The number of amides is 1. The number of halogens is 4. The average Bonchev–Trinajstić information content (AvgIpc) is 3.15. The number of benzene rings is 2. The van der Waals surface area contributed by atoms with Crippen molar-refractivity contribution >= 4 is 29.3 Å². The van der Waals surface area contributed by atoms with Gasteiger partial charge in [0.25, 0.3) is 0 Å². The van der Waals surface area contributed by atoms with Crippen molar-refractivity contribution < 1.29 is 18.0 Å². The number of hydrogen-bond acceptors (Lipinski definition) is 4. The molecule has 1 heterocycles. The quantitative estimate of drug-likeness (QED) is 0.562. The molecule has 2 aromatic carbocycles. The minimum absolute atomic E-state index is 0.0317.